The first kappa shape index (κ1) is 7.63. The highest BCUT2D eigenvalue weighted by Gasteiger charge is 1.94. The fourth-order valence-electron chi connectivity index (χ4n) is 0.356. The fraction of sp³-hybridized carbons (Fsp3) is 0.833. The van der Waals surface area contributed by atoms with E-state index in [-0.39, 0.29) is 6.10 Å². The van der Waals surface area contributed by atoms with Crippen LogP contribution in [0.2, 0.25) is 0 Å². The molecule has 0 saturated carbocycles. The van der Waals surface area contributed by atoms with E-state index in [2.05, 4.69) is 4.99 Å². The van der Waals surface area contributed by atoms with Crippen LogP contribution >= 0.6 is 0 Å². The number of aliphatic hydroxyl groups is 1. The average molecular weight is 115 g/mol. The number of rotatable bonds is 3. The molecule has 0 aliphatic carbocycles. The normalized spacial score (nSPS) is 14.9. The highest BCUT2D eigenvalue weighted by molar-refractivity contribution is 5.53. The van der Waals surface area contributed by atoms with Gasteiger partial charge in [-0.2, -0.15) is 0 Å². The third-order valence-corrected chi connectivity index (χ3v) is 0.970. The van der Waals surface area contributed by atoms with Gasteiger partial charge in [0, 0.05) is 0 Å². The Morgan fingerprint density at radius 3 is 2.75 bits per heavy atom. The molecular formula is C6H13NO. The maximum absolute atomic E-state index is 8.88. The summed E-state index contributed by atoms with van der Waals surface area (Å²) in [6, 6.07) is 0. The van der Waals surface area contributed by atoms with E-state index < -0.39 is 0 Å². The molecule has 8 heavy (non-hydrogen) atoms. The minimum atomic E-state index is -0.244. The Labute approximate surface area is 50.3 Å². The Kier molecular flexibility index (Phi) is 4.56. The van der Waals surface area contributed by atoms with Crippen molar-refractivity contribution in [2.45, 2.75) is 26.4 Å². The summed E-state index contributed by atoms with van der Waals surface area (Å²) in [5, 5.41) is 8.88. The molecule has 48 valence electrons. The quantitative estimate of drug-likeness (QED) is 0.543. The topological polar surface area (TPSA) is 32.6 Å². The van der Waals surface area contributed by atoms with Crippen LogP contribution in [0.5, 0.6) is 0 Å². The van der Waals surface area contributed by atoms with Crippen LogP contribution in [0.3, 0.4) is 0 Å². The second-order valence-corrected chi connectivity index (χ2v) is 1.69. The molecule has 1 atom stereocenters. The van der Waals surface area contributed by atoms with E-state index in [1.807, 2.05) is 13.8 Å². The van der Waals surface area contributed by atoms with Crippen LogP contribution in [0.25, 0.3) is 0 Å². The Bertz CT molecular complexity index is 70.9. The van der Waals surface area contributed by atoms with E-state index in [4.69, 9.17) is 5.11 Å². The largest absolute Gasteiger partial charge is 0.391 e. The predicted octanol–water partition coefficient (Wildman–Crippen LogP) is 0.848. The van der Waals surface area contributed by atoms with Crippen LogP contribution in [0, 0.1) is 0 Å². The minimum Gasteiger partial charge on any atom is -0.391 e. The van der Waals surface area contributed by atoms with Gasteiger partial charge >= 0.3 is 0 Å². The van der Waals surface area contributed by atoms with Gasteiger partial charge in [0.2, 0.25) is 0 Å². The van der Waals surface area contributed by atoms with Gasteiger partial charge in [-0.25, -0.2) is 0 Å². The molecule has 0 rings (SSSR count). The molecule has 0 radical (unpaired) electrons. The molecule has 0 aliphatic rings. The van der Waals surface area contributed by atoms with Gasteiger partial charge in [0.1, 0.15) is 0 Å². The van der Waals surface area contributed by atoms with Gasteiger partial charge in [-0.15, -0.1) is 0 Å². The molecule has 0 amide bonds. The molecule has 0 aromatic carbocycles. The zero-order valence-electron chi connectivity index (χ0n) is 5.46. The standard InChI is InChI=1S/C6H13NO/c1-3-6(8)5-7-4-2/h4,6,8H,3,5H2,1-2H3. The zero-order valence-corrected chi connectivity index (χ0v) is 5.46. The first-order valence-corrected chi connectivity index (χ1v) is 2.93. The SMILES string of the molecule is CC=NCC(O)CC. The lowest BCUT2D eigenvalue weighted by molar-refractivity contribution is 0.179. The van der Waals surface area contributed by atoms with E-state index >= 15 is 0 Å². The van der Waals surface area contributed by atoms with Crippen molar-refractivity contribution in [1.29, 1.82) is 0 Å². The van der Waals surface area contributed by atoms with E-state index in [1.165, 1.54) is 0 Å². The number of hydrogen-bond donors (Lipinski definition) is 1. The molecule has 0 spiro atoms. The average Bonchev–Trinajstić information content (AvgIpc) is 1.83. The van der Waals surface area contributed by atoms with Gasteiger partial charge in [0.25, 0.3) is 0 Å². The van der Waals surface area contributed by atoms with E-state index in [0.717, 1.165) is 6.42 Å². The van der Waals surface area contributed by atoms with Crippen molar-refractivity contribution < 1.29 is 5.11 Å². The first-order chi connectivity index (χ1) is 3.81. The van der Waals surface area contributed by atoms with Crippen LogP contribution in [0.15, 0.2) is 4.99 Å². The smallest absolute Gasteiger partial charge is 0.0732 e. The Balaban J connectivity index is 3.10. The molecule has 0 aromatic rings. The predicted molar refractivity (Wildman–Crippen MR) is 35.3 cm³/mol. The monoisotopic (exact) mass is 115 g/mol. The molecule has 0 aromatic heterocycles. The van der Waals surface area contributed by atoms with Gasteiger partial charge in [-0.05, 0) is 19.6 Å². The van der Waals surface area contributed by atoms with Crippen LogP contribution < -0.4 is 0 Å². The molecular weight excluding hydrogens is 102 g/mol. The van der Waals surface area contributed by atoms with Crippen molar-refractivity contribution in [1.82, 2.24) is 0 Å². The first-order valence-electron chi connectivity index (χ1n) is 2.93. The minimum absolute atomic E-state index is 0.244. The fourth-order valence-corrected chi connectivity index (χ4v) is 0.356. The van der Waals surface area contributed by atoms with Gasteiger partial charge in [-0.3, -0.25) is 4.99 Å². The van der Waals surface area contributed by atoms with Crippen LogP contribution in [0.4, 0.5) is 0 Å². The maximum Gasteiger partial charge on any atom is 0.0732 e. The molecule has 0 aliphatic heterocycles. The molecule has 2 heteroatoms. The Morgan fingerprint density at radius 1 is 1.75 bits per heavy atom. The number of nitrogens with zero attached hydrogens (tertiary/aromatic N) is 1. The van der Waals surface area contributed by atoms with Crippen molar-refractivity contribution in [3.8, 4) is 0 Å². The summed E-state index contributed by atoms with van der Waals surface area (Å²) in [5.74, 6) is 0. The van der Waals surface area contributed by atoms with Crippen LogP contribution in [-0.2, 0) is 0 Å². The van der Waals surface area contributed by atoms with Crippen molar-refractivity contribution >= 4 is 6.21 Å². The maximum atomic E-state index is 8.88. The Morgan fingerprint density at radius 2 is 2.38 bits per heavy atom. The van der Waals surface area contributed by atoms with Gasteiger partial charge in [0.05, 0.1) is 12.6 Å². The second kappa shape index (κ2) is 4.78. The lowest BCUT2D eigenvalue weighted by Crippen LogP contribution is -2.07. The Hall–Kier alpha value is -0.370. The number of aliphatic hydroxyl groups excluding tert-OH is 1. The molecule has 0 saturated heterocycles. The van der Waals surface area contributed by atoms with Crippen LogP contribution in [-0.4, -0.2) is 24.0 Å². The highest BCUT2D eigenvalue weighted by Crippen LogP contribution is 1.88. The molecule has 1 unspecified atom stereocenters. The number of aliphatic imine (C=N–C) groups is 1. The molecule has 0 bridgehead atoms. The summed E-state index contributed by atoms with van der Waals surface area (Å²) in [7, 11) is 0. The van der Waals surface area contributed by atoms with Crippen molar-refractivity contribution in [3.05, 3.63) is 0 Å². The summed E-state index contributed by atoms with van der Waals surface area (Å²) >= 11 is 0. The molecule has 1 N–H and O–H groups in total. The molecule has 0 fully saturated rings. The van der Waals surface area contributed by atoms with Crippen molar-refractivity contribution in [2.24, 2.45) is 4.99 Å². The summed E-state index contributed by atoms with van der Waals surface area (Å²) in [6.07, 6.45) is 2.25. The summed E-state index contributed by atoms with van der Waals surface area (Å²) < 4.78 is 0. The van der Waals surface area contributed by atoms with Gasteiger partial charge < -0.3 is 5.11 Å². The lowest BCUT2D eigenvalue weighted by atomic mass is 10.3. The third-order valence-electron chi connectivity index (χ3n) is 0.970. The second-order valence-electron chi connectivity index (χ2n) is 1.69. The van der Waals surface area contributed by atoms with E-state index in [1.54, 1.807) is 6.21 Å². The van der Waals surface area contributed by atoms with E-state index in [9.17, 15) is 0 Å². The summed E-state index contributed by atoms with van der Waals surface area (Å²) in [5.41, 5.74) is 0. The summed E-state index contributed by atoms with van der Waals surface area (Å²) in [4.78, 5) is 3.87. The molecule has 0 heterocycles. The van der Waals surface area contributed by atoms with Gasteiger partial charge in [0.15, 0.2) is 0 Å². The van der Waals surface area contributed by atoms with Crippen molar-refractivity contribution in [2.75, 3.05) is 6.54 Å². The lowest BCUT2D eigenvalue weighted by Gasteiger charge is -1.99. The third kappa shape index (κ3) is 3.81. The zero-order chi connectivity index (χ0) is 6.41. The number of hydrogen-bond acceptors (Lipinski definition) is 2. The van der Waals surface area contributed by atoms with Crippen LogP contribution in [0.1, 0.15) is 20.3 Å². The molecule has 2 nitrogen and oxygen atoms in total. The van der Waals surface area contributed by atoms with E-state index in [0.29, 0.717) is 6.54 Å². The highest BCUT2D eigenvalue weighted by atomic mass is 16.3. The van der Waals surface area contributed by atoms with Crippen molar-refractivity contribution in [3.63, 3.8) is 0 Å². The summed E-state index contributed by atoms with van der Waals surface area (Å²) in [6.45, 7) is 4.34. The van der Waals surface area contributed by atoms with Gasteiger partial charge in [-0.1, -0.05) is 6.92 Å².